The third-order valence-electron chi connectivity index (χ3n) is 3.31. The van der Waals surface area contributed by atoms with Gasteiger partial charge in [-0.3, -0.25) is 0 Å². The fourth-order valence-corrected chi connectivity index (χ4v) is 3.70. The molecule has 0 saturated heterocycles. The van der Waals surface area contributed by atoms with Crippen LogP contribution in [0.3, 0.4) is 0 Å². The summed E-state index contributed by atoms with van der Waals surface area (Å²) < 4.78 is 27.2. The van der Waals surface area contributed by atoms with E-state index in [0.717, 1.165) is 12.0 Å². The van der Waals surface area contributed by atoms with Crippen molar-refractivity contribution < 1.29 is 13.5 Å². The van der Waals surface area contributed by atoms with E-state index in [1.54, 1.807) is 32.9 Å². The summed E-state index contributed by atoms with van der Waals surface area (Å²) in [6.45, 7) is 6.99. The summed E-state index contributed by atoms with van der Waals surface area (Å²) in [6.07, 6.45) is 1.30. The normalized spacial score (nSPS) is 15.1. The summed E-state index contributed by atoms with van der Waals surface area (Å²) in [6, 6.07) is 3.52. The molecule has 6 heteroatoms. The average Bonchev–Trinajstić information content (AvgIpc) is 2.32. The second-order valence-electron chi connectivity index (χ2n) is 5.51. The number of aliphatic hydroxyl groups is 1. The molecule has 0 heterocycles. The van der Waals surface area contributed by atoms with Crippen molar-refractivity contribution in [3.8, 4) is 0 Å². The molecule has 0 saturated carbocycles. The van der Waals surface area contributed by atoms with Gasteiger partial charge < -0.3 is 10.8 Å². The Morgan fingerprint density at radius 1 is 1.30 bits per heavy atom. The molecule has 5 nitrogen and oxygen atoms in total. The summed E-state index contributed by atoms with van der Waals surface area (Å²) >= 11 is 0. The second kappa shape index (κ2) is 6.11. The van der Waals surface area contributed by atoms with E-state index < -0.39 is 15.6 Å². The molecule has 0 aliphatic rings. The first-order valence-electron chi connectivity index (χ1n) is 6.68. The summed E-state index contributed by atoms with van der Waals surface area (Å²) in [5.41, 5.74) is 6.39. The Hall–Kier alpha value is -1.11. The standard InChI is InChI=1S/C14H24N2O3S/c1-5-8-14(4,17)9-16-20(18,19)13-11(3)7-6-10(2)12(13)15/h6-7,16-17H,5,8-9,15H2,1-4H3. The number of nitrogen functional groups attached to an aromatic ring is 1. The molecule has 0 amide bonds. The minimum absolute atomic E-state index is 0.0318. The summed E-state index contributed by atoms with van der Waals surface area (Å²) in [7, 11) is -3.73. The molecule has 114 valence electrons. The third-order valence-corrected chi connectivity index (χ3v) is 4.92. The molecule has 1 unspecified atom stereocenters. The van der Waals surface area contributed by atoms with E-state index in [-0.39, 0.29) is 17.1 Å². The van der Waals surface area contributed by atoms with Gasteiger partial charge in [-0.1, -0.05) is 25.5 Å². The van der Waals surface area contributed by atoms with Gasteiger partial charge in [0.25, 0.3) is 0 Å². The van der Waals surface area contributed by atoms with E-state index in [1.165, 1.54) is 0 Å². The van der Waals surface area contributed by atoms with Crippen LogP contribution in [-0.2, 0) is 10.0 Å². The predicted molar refractivity (Wildman–Crippen MR) is 81.0 cm³/mol. The van der Waals surface area contributed by atoms with Gasteiger partial charge in [0.1, 0.15) is 4.90 Å². The van der Waals surface area contributed by atoms with Gasteiger partial charge in [-0.05, 0) is 38.3 Å². The molecule has 0 aromatic heterocycles. The van der Waals surface area contributed by atoms with Crippen molar-refractivity contribution in [2.45, 2.75) is 51.0 Å². The van der Waals surface area contributed by atoms with Crippen molar-refractivity contribution in [3.05, 3.63) is 23.3 Å². The lowest BCUT2D eigenvalue weighted by Gasteiger charge is -2.23. The molecule has 1 rings (SSSR count). The van der Waals surface area contributed by atoms with E-state index in [1.807, 2.05) is 6.92 Å². The second-order valence-corrected chi connectivity index (χ2v) is 7.22. The summed E-state index contributed by atoms with van der Waals surface area (Å²) in [5.74, 6) is 0. The number of benzene rings is 1. The van der Waals surface area contributed by atoms with Crippen LogP contribution in [0.2, 0.25) is 0 Å². The van der Waals surface area contributed by atoms with Crippen molar-refractivity contribution in [3.63, 3.8) is 0 Å². The Bertz CT molecular complexity index is 580. The number of hydrogen-bond acceptors (Lipinski definition) is 4. The highest BCUT2D eigenvalue weighted by molar-refractivity contribution is 7.89. The van der Waals surface area contributed by atoms with Crippen LogP contribution >= 0.6 is 0 Å². The molecule has 1 aromatic carbocycles. The molecule has 0 bridgehead atoms. The Morgan fingerprint density at radius 3 is 2.40 bits per heavy atom. The molecule has 1 aromatic rings. The number of sulfonamides is 1. The lowest BCUT2D eigenvalue weighted by Crippen LogP contribution is -2.40. The fourth-order valence-electron chi connectivity index (χ4n) is 2.11. The maximum absolute atomic E-state index is 12.4. The molecule has 4 N–H and O–H groups in total. The number of nitrogens with two attached hydrogens (primary N) is 1. The van der Waals surface area contributed by atoms with E-state index in [9.17, 15) is 13.5 Å². The number of rotatable bonds is 6. The molecule has 0 aliphatic carbocycles. The van der Waals surface area contributed by atoms with Crippen LogP contribution in [0.5, 0.6) is 0 Å². The zero-order valence-electron chi connectivity index (χ0n) is 12.5. The molecule has 20 heavy (non-hydrogen) atoms. The summed E-state index contributed by atoms with van der Waals surface area (Å²) in [5, 5.41) is 10.1. The SMILES string of the molecule is CCCC(C)(O)CNS(=O)(=O)c1c(C)ccc(C)c1N. The first-order chi connectivity index (χ1) is 9.10. The van der Waals surface area contributed by atoms with Crippen LogP contribution in [0.4, 0.5) is 5.69 Å². The zero-order chi connectivity index (χ0) is 15.6. The van der Waals surface area contributed by atoms with E-state index in [2.05, 4.69) is 4.72 Å². The molecule has 0 fully saturated rings. The van der Waals surface area contributed by atoms with Crippen molar-refractivity contribution in [1.29, 1.82) is 0 Å². The van der Waals surface area contributed by atoms with Crippen molar-refractivity contribution >= 4 is 15.7 Å². The number of aryl methyl sites for hydroxylation is 2. The molecule has 0 aliphatic heterocycles. The zero-order valence-corrected chi connectivity index (χ0v) is 13.3. The highest BCUT2D eigenvalue weighted by atomic mass is 32.2. The maximum atomic E-state index is 12.4. The average molecular weight is 300 g/mol. The number of anilines is 1. The van der Waals surface area contributed by atoms with Gasteiger partial charge >= 0.3 is 0 Å². The van der Waals surface area contributed by atoms with Gasteiger partial charge in [-0.15, -0.1) is 0 Å². The lowest BCUT2D eigenvalue weighted by atomic mass is 10.0. The van der Waals surface area contributed by atoms with Crippen LogP contribution in [0, 0.1) is 13.8 Å². The Balaban J connectivity index is 3.04. The minimum atomic E-state index is -3.73. The molecular weight excluding hydrogens is 276 g/mol. The Kier molecular flexibility index (Phi) is 5.18. The van der Waals surface area contributed by atoms with Gasteiger partial charge in [-0.2, -0.15) is 0 Å². The molecule has 0 radical (unpaired) electrons. The molecule has 1 atom stereocenters. The van der Waals surface area contributed by atoms with Crippen LogP contribution in [0.25, 0.3) is 0 Å². The van der Waals surface area contributed by atoms with Crippen molar-refractivity contribution in [2.75, 3.05) is 12.3 Å². The first kappa shape index (κ1) is 16.9. The van der Waals surface area contributed by atoms with Gasteiger partial charge in [-0.25, -0.2) is 13.1 Å². The van der Waals surface area contributed by atoms with E-state index in [4.69, 9.17) is 5.73 Å². The number of nitrogens with one attached hydrogen (secondary N) is 1. The highest BCUT2D eigenvalue weighted by Crippen LogP contribution is 2.26. The first-order valence-corrected chi connectivity index (χ1v) is 8.17. The van der Waals surface area contributed by atoms with Gasteiger partial charge in [0.05, 0.1) is 11.3 Å². The lowest BCUT2D eigenvalue weighted by molar-refractivity contribution is 0.0554. The topological polar surface area (TPSA) is 92.4 Å². The Morgan fingerprint density at radius 2 is 1.85 bits per heavy atom. The number of hydrogen-bond donors (Lipinski definition) is 3. The van der Waals surface area contributed by atoms with Crippen LogP contribution in [-0.4, -0.2) is 25.7 Å². The van der Waals surface area contributed by atoms with Crippen LogP contribution in [0.1, 0.15) is 37.8 Å². The third kappa shape index (κ3) is 3.94. The predicted octanol–water partition coefficient (Wildman–Crippen LogP) is 1.72. The largest absolute Gasteiger partial charge is 0.397 e. The maximum Gasteiger partial charge on any atom is 0.242 e. The van der Waals surface area contributed by atoms with Gasteiger partial charge in [0.2, 0.25) is 10.0 Å². The minimum Gasteiger partial charge on any atom is -0.397 e. The Labute approximate surface area is 121 Å². The van der Waals surface area contributed by atoms with Crippen molar-refractivity contribution in [1.82, 2.24) is 4.72 Å². The monoisotopic (exact) mass is 300 g/mol. The highest BCUT2D eigenvalue weighted by Gasteiger charge is 2.26. The van der Waals surface area contributed by atoms with Crippen molar-refractivity contribution in [2.24, 2.45) is 0 Å². The smallest absolute Gasteiger partial charge is 0.242 e. The quantitative estimate of drug-likeness (QED) is 0.697. The van der Waals surface area contributed by atoms with Gasteiger partial charge in [0, 0.05) is 6.54 Å². The van der Waals surface area contributed by atoms with Gasteiger partial charge in [0.15, 0.2) is 0 Å². The molecule has 0 spiro atoms. The summed E-state index contributed by atoms with van der Waals surface area (Å²) in [4.78, 5) is 0.102. The molecular formula is C14H24N2O3S. The van der Waals surface area contributed by atoms with E-state index >= 15 is 0 Å². The fraction of sp³-hybridized carbons (Fsp3) is 0.571. The van der Waals surface area contributed by atoms with Crippen LogP contribution < -0.4 is 10.5 Å². The van der Waals surface area contributed by atoms with E-state index in [0.29, 0.717) is 12.0 Å². The van der Waals surface area contributed by atoms with Crippen LogP contribution in [0.15, 0.2) is 17.0 Å².